The number of fused-ring (bicyclic) bond motifs is 1. The first-order chi connectivity index (χ1) is 15.0. The Balaban J connectivity index is 1.39. The summed E-state index contributed by atoms with van der Waals surface area (Å²) in [6.07, 6.45) is 1.06. The number of carbonyl (C=O) groups is 1. The van der Waals surface area contributed by atoms with E-state index < -0.39 is 0 Å². The lowest BCUT2D eigenvalue weighted by molar-refractivity contribution is -0.121. The number of hydrogen-bond acceptors (Lipinski definition) is 4. The highest BCUT2D eigenvalue weighted by Crippen LogP contribution is 2.30. The lowest BCUT2D eigenvalue weighted by atomic mass is 10.1. The van der Waals surface area contributed by atoms with Gasteiger partial charge in [0.1, 0.15) is 0 Å². The number of hydrogen-bond donors (Lipinski definition) is 1. The standard InChI is InChI=1S/C25H26N4OS/c1-17-15-24-27-18(2)22(19(3)29(24)28-17)13-14-25(30)26-16-20-9-7-8-12-23(20)31-21-10-5-4-6-11-21/h4-12,15H,13-14,16H2,1-3H3,(H,26,30). The topological polar surface area (TPSA) is 59.3 Å². The van der Waals surface area contributed by atoms with E-state index in [1.54, 1.807) is 11.8 Å². The second-order valence-corrected chi connectivity index (χ2v) is 8.73. The lowest BCUT2D eigenvalue weighted by Gasteiger charge is -2.12. The van der Waals surface area contributed by atoms with Gasteiger partial charge in [0.25, 0.3) is 0 Å². The van der Waals surface area contributed by atoms with Gasteiger partial charge in [-0.1, -0.05) is 48.2 Å². The van der Waals surface area contributed by atoms with E-state index in [2.05, 4.69) is 39.7 Å². The molecule has 2 aromatic carbocycles. The molecule has 2 heterocycles. The average Bonchev–Trinajstić information content (AvgIpc) is 3.14. The van der Waals surface area contributed by atoms with Gasteiger partial charge < -0.3 is 5.32 Å². The summed E-state index contributed by atoms with van der Waals surface area (Å²) in [6, 6.07) is 20.4. The summed E-state index contributed by atoms with van der Waals surface area (Å²) in [5, 5.41) is 7.59. The van der Waals surface area contributed by atoms with E-state index in [0.717, 1.165) is 38.8 Å². The van der Waals surface area contributed by atoms with Gasteiger partial charge in [-0.15, -0.1) is 0 Å². The van der Waals surface area contributed by atoms with E-state index in [4.69, 9.17) is 0 Å². The fourth-order valence-electron chi connectivity index (χ4n) is 3.69. The summed E-state index contributed by atoms with van der Waals surface area (Å²) in [4.78, 5) is 19.6. The number of carbonyl (C=O) groups excluding carboxylic acids is 1. The van der Waals surface area contributed by atoms with Gasteiger partial charge in [0, 0.05) is 40.2 Å². The number of amides is 1. The van der Waals surface area contributed by atoms with E-state index in [1.807, 2.05) is 61.7 Å². The zero-order valence-electron chi connectivity index (χ0n) is 18.1. The Morgan fingerprint density at radius 2 is 1.77 bits per heavy atom. The SMILES string of the molecule is Cc1cc2nc(C)c(CCC(=O)NCc3ccccc3Sc3ccccc3)c(C)n2n1. The molecule has 2 aromatic heterocycles. The summed E-state index contributed by atoms with van der Waals surface area (Å²) in [6.45, 7) is 6.52. The molecule has 1 amide bonds. The number of aromatic nitrogens is 3. The quantitative estimate of drug-likeness (QED) is 0.445. The molecule has 0 unspecified atom stereocenters. The van der Waals surface area contributed by atoms with Crippen molar-refractivity contribution in [2.24, 2.45) is 0 Å². The van der Waals surface area contributed by atoms with Crippen molar-refractivity contribution in [2.75, 3.05) is 0 Å². The zero-order valence-corrected chi connectivity index (χ0v) is 18.9. The van der Waals surface area contributed by atoms with Gasteiger partial charge >= 0.3 is 0 Å². The molecule has 4 rings (SSSR count). The Morgan fingerprint density at radius 3 is 2.58 bits per heavy atom. The number of benzene rings is 2. The van der Waals surface area contributed by atoms with Crippen molar-refractivity contribution in [1.82, 2.24) is 19.9 Å². The van der Waals surface area contributed by atoms with E-state index in [1.165, 1.54) is 4.90 Å². The Kier molecular flexibility index (Phi) is 6.37. The fraction of sp³-hybridized carbons (Fsp3) is 0.240. The van der Waals surface area contributed by atoms with Gasteiger partial charge in [0.15, 0.2) is 5.65 Å². The van der Waals surface area contributed by atoms with Crippen LogP contribution in [-0.4, -0.2) is 20.5 Å². The number of nitrogens with zero attached hydrogens (tertiary/aromatic N) is 3. The van der Waals surface area contributed by atoms with Crippen molar-refractivity contribution in [3.63, 3.8) is 0 Å². The molecule has 0 saturated heterocycles. The van der Waals surface area contributed by atoms with Gasteiger partial charge in [-0.25, -0.2) is 9.50 Å². The van der Waals surface area contributed by atoms with Gasteiger partial charge in [0.05, 0.1) is 5.69 Å². The van der Waals surface area contributed by atoms with Crippen LogP contribution in [0.5, 0.6) is 0 Å². The predicted octanol–water partition coefficient (Wildman–Crippen LogP) is 5.05. The number of aryl methyl sites for hydroxylation is 3. The molecule has 0 fully saturated rings. The number of rotatable bonds is 7. The summed E-state index contributed by atoms with van der Waals surface area (Å²) < 4.78 is 1.87. The third kappa shape index (κ3) is 4.97. The van der Waals surface area contributed by atoms with Crippen molar-refractivity contribution >= 4 is 23.3 Å². The summed E-state index contributed by atoms with van der Waals surface area (Å²) in [7, 11) is 0. The van der Waals surface area contributed by atoms with Crippen LogP contribution in [0, 0.1) is 20.8 Å². The molecule has 6 heteroatoms. The minimum Gasteiger partial charge on any atom is -0.352 e. The highest BCUT2D eigenvalue weighted by Gasteiger charge is 2.13. The molecule has 5 nitrogen and oxygen atoms in total. The van der Waals surface area contributed by atoms with E-state index in [9.17, 15) is 4.79 Å². The van der Waals surface area contributed by atoms with Gasteiger partial charge in [0.2, 0.25) is 5.91 Å². The van der Waals surface area contributed by atoms with Crippen LogP contribution < -0.4 is 5.32 Å². The average molecular weight is 431 g/mol. The molecular formula is C25H26N4OS. The zero-order chi connectivity index (χ0) is 21.8. The molecule has 0 aliphatic heterocycles. The van der Waals surface area contributed by atoms with Crippen molar-refractivity contribution in [1.29, 1.82) is 0 Å². The highest BCUT2D eigenvalue weighted by atomic mass is 32.2. The largest absolute Gasteiger partial charge is 0.352 e. The maximum absolute atomic E-state index is 12.6. The highest BCUT2D eigenvalue weighted by molar-refractivity contribution is 7.99. The minimum absolute atomic E-state index is 0.0371. The van der Waals surface area contributed by atoms with Crippen LogP contribution in [0.1, 0.15) is 34.6 Å². The van der Waals surface area contributed by atoms with Gasteiger partial charge in [-0.2, -0.15) is 5.10 Å². The second kappa shape index (κ2) is 9.35. The monoisotopic (exact) mass is 430 g/mol. The van der Waals surface area contributed by atoms with Crippen LogP contribution in [0.25, 0.3) is 5.65 Å². The van der Waals surface area contributed by atoms with Crippen molar-refractivity contribution < 1.29 is 4.79 Å². The lowest BCUT2D eigenvalue weighted by Crippen LogP contribution is -2.23. The summed E-state index contributed by atoms with van der Waals surface area (Å²) in [5.74, 6) is 0.0371. The van der Waals surface area contributed by atoms with Gasteiger partial charge in [-0.3, -0.25) is 4.79 Å². The van der Waals surface area contributed by atoms with Crippen LogP contribution in [-0.2, 0) is 17.8 Å². The van der Waals surface area contributed by atoms with Crippen molar-refractivity contribution in [3.05, 3.63) is 88.9 Å². The van der Waals surface area contributed by atoms with Crippen LogP contribution in [0.2, 0.25) is 0 Å². The van der Waals surface area contributed by atoms with E-state index >= 15 is 0 Å². The van der Waals surface area contributed by atoms with E-state index in [-0.39, 0.29) is 5.91 Å². The fourth-order valence-corrected chi connectivity index (χ4v) is 4.65. The third-order valence-corrected chi connectivity index (χ3v) is 6.43. The number of nitrogens with one attached hydrogen (secondary N) is 1. The molecule has 0 radical (unpaired) electrons. The Hall–Kier alpha value is -3.12. The molecule has 1 N–H and O–H groups in total. The molecule has 0 aliphatic rings. The van der Waals surface area contributed by atoms with Gasteiger partial charge in [-0.05, 0) is 56.5 Å². The molecule has 0 spiro atoms. The third-order valence-electron chi connectivity index (χ3n) is 5.31. The normalized spacial score (nSPS) is 11.1. The summed E-state index contributed by atoms with van der Waals surface area (Å²) >= 11 is 1.71. The Morgan fingerprint density at radius 1 is 1.03 bits per heavy atom. The minimum atomic E-state index is 0.0371. The first-order valence-corrected chi connectivity index (χ1v) is 11.2. The molecule has 0 bridgehead atoms. The molecule has 0 atom stereocenters. The van der Waals surface area contributed by atoms with Crippen LogP contribution in [0.4, 0.5) is 0 Å². The molecule has 31 heavy (non-hydrogen) atoms. The van der Waals surface area contributed by atoms with Crippen LogP contribution >= 0.6 is 11.8 Å². The summed E-state index contributed by atoms with van der Waals surface area (Å²) in [5.41, 5.74) is 6.01. The molecule has 0 aliphatic carbocycles. The molecule has 4 aromatic rings. The second-order valence-electron chi connectivity index (χ2n) is 7.62. The molecule has 158 valence electrons. The Bertz CT molecular complexity index is 1220. The smallest absolute Gasteiger partial charge is 0.220 e. The van der Waals surface area contributed by atoms with E-state index in [0.29, 0.717) is 19.4 Å². The van der Waals surface area contributed by atoms with Crippen LogP contribution in [0.3, 0.4) is 0 Å². The predicted molar refractivity (Wildman–Crippen MR) is 124 cm³/mol. The molecule has 0 saturated carbocycles. The van der Waals surface area contributed by atoms with Crippen molar-refractivity contribution in [2.45, 2.75) is 49.9 Å². The van der Waals surface area contributed by atoms with Crippen molar-refractivity contribution in [3.8, 4) is 0 Å². The maximum Gasteiger partial charge on any atom is 0.220 e. The Labute approximate surface area is 186 Å². The van der Waals surface area contributed by atoms with Crippen LogP contribution in [0.15, 0.2) is 70.5 Å². The first kappa shape index (κ1) is 21.1. The maximum atomic E-state index is 12.6. The first-order valence-electron chi connectivity index (χ1n) is 10.4. The molecular weight excluding hydrogens is 404 g/mol.